The summed E-state index contributed by atoms with van der Waals surface area (Å²) in [5.74, 6) is 0.899. The maximum Gasteiger partial charge on any atom is 0.118 e. The highest BCUT2D eigenvalue weighted by Gasteiger charge is 2.27. The molecule has 2 rings (SSSR count). The molecule has 1 atom stereocenters. The van der Waals surface area contributed by atoms with Gasteiger partial charge in [-0.15, -0.1) is 0 Å². The van der Waals surface area contributed by atoms with E-state index in [-0.39, 0.29) is 0 Å². The molecule has 3 nitrogen and oxygen atoms in total. The summed E-state index contributed by atoms with van der Waals surface area (Å²) in [6, 6.07) is 9.29. The van der Waals surface area contributed by atoms with Crippen molar-refractivity contribution in [1.29, 1.82) is 0 Å². The van der Waals surface area contributed by atoms with Gasteiger partial charge in [-0.1, -0.05) is 18.6 Å². The normalized spacial score (nSPS) is 17.9. The Kier molecular flexibility index (Phi) is 4.02. The summed E-state index contributed by atoms with van der Waals surface area (Å²) in [5.41, 5.74) is 7.20. The number of nitrogens with zero attached hydrogens (tertiary/aromatic N) is 1. The van der Waals surface area contributed by atoms with Crippen LogP contribution < -0.4 is 10.5 Å². The van der Waals surface area contributed by atoms with Crippen LogP contribution in [0, 0.1) is 0 Å². The molecule has 3 heteroatoms. The number of likely N-dealkylation sites (N-methyl/N-ethyl adjacent to an activating group) is 1. The van der Waals surface area contributed by atoms with Gasteiger partial charge in [0, 0.05) is 18.6 Å². The monoisotopic (exact) mass is 234 g/mol. The van der Waals surface area contributed by atoms with E-state index in [0.717, 1.165) is 5.75 Å². The van der Waals surface area contributed by atoms with Crippen molar-refractivity contribution in [3.05, 3.63) is 29.8 Å². The molecule has 1 aliphatic carbocycles. The fourth-order valence-corrected chi connectivity index (χ4v) is 2.41. The van der Waals surface area contributed by atoms with Gasteiger partial charge in [-0.2, -0.15) is 0 Å². The first-order chi connectivity index (χ1) is 8.26. The lowest BCUT2D eigenvalue weighted by molar-refractivity contribution is 0.113. The Hall–Kier alpha value is -1.06. The number of nitrogens with two attached hydrogens (primary N) is 1. The van der Waals surface area contributed by atoms with Crippen molar-refractivity contribution in [1.82, 2.24) is 4.90 Å². The van der Waals surface area contributed by atoms with Crippen LogP contribution in [0.1, 0.15) is 30.9 Å². The van der Waals surface area contributed by atoms with E-state index < -0.39 is 0 Å². The van der Waals surface area contributed by atoms with Crippen molar-refractivity contribution in [3.8, 4) is 5.75 Å². The predicted molar refractivity (Wildman–Crippen MR) is 70.2 cm³/mol. The zero-order valence-electron chi connectivity index (χ0n) is 10.7. The SMILES string of the molecule is COc1ccc(C(CN)N(C)C2CCC2)cc1. The van der Waals surface area contributed by atoms with Crippen molar-refractivity contribution in [2.45, 2.75) is 31.3 Å². The van der Waals surface area contributed by atoms with E-state index in [4.69, 9.17) is 10.5 Å². The van der Waals surface area contributed by atoms with E-state index in [1.54, 1.807) is 7.11 Å². The largest absolute Gasteiger partial charge is 0.497 e. The molecule has 1 aromatic carbocycles. The lowest BCUT2D eigenvalue weighted by atomic mass is 9.89. The summed E-state index contributed by atoms with van der Waals surface area (Å²) in [6.45, 7) is 0.666. The highest BCUT2D eigenvalue weighted by molar-refractivity contribution is 5.29. The molecule has 1 fully saturated rings. The summed E-state index contributed by atoms with van der Waals surface area (Å²) < 4.78 is 5.18. The standard InChI is InChI=1S/C14H22N2O/c1-16(12-4-3-5-12)14(10-15)11-6-8-13(17-2)9-7-11/h6-9,12,14H,3-5,10,15H2,1-2H3. The van der Waals surface area contributed by atoms with E-state index in [9.17, 15) is 0 Å². The first-order valence-corrected chi connectivity index (χ1v) is 6.32. The zero-order valence-corrected chi connectivity index (χ0v) is 10.7. The topological polar surface area (TPSA) is 38.5 Å². The lowest BCUT2D eigenvalue weighted by Gasteiger charge is -2.39. The molecule has 1 aliphatic rings. The van der Waals surface area contributed by atoms with Gasteiger partial charge in [0.2, 0.25) is 0 Å². The molecule has 1 saturated carbocycles. The van der Waals surface area contributed by atoms with Gasteiger partial charge in [-0.3, -0.25) is 4.90 Å². The Bertz CT molecular complexity index is 346. The summed E-state index contributed by atoms with van der Waals surface area (Å²) >= 11 is 0. The molecule has 1 aromatic rings. The van der Waals surface area contributed by atoms with Crippen LogP contribution in [0.5, 0.6) is 5.75 Å². The summed E-state index contributed by atoms with van der Waals surface area (Å²) in [6.07, 6.45) is 3.97. The van der Waals surface area contributed by atoms with Crippen LogP contribution in [-0.2, 0) is 0 Å². The summed E-state index contributed by atoms with van der Waals surface area (Å²) in [7, 11) is 3.88. The van der Waals surface area contributed by atoms with Crippen LogP contribution in [0.25, 0.3) is 0 Å². The second kappa shape index (κ2) is 5.52. The molecular formula is C14H22N2O. The quantitative estimate of drug-likeness (QED) is 0.848. The molecule has 0 aromatic heterocycles. The molecule has 0 radical (unpaired) electrons. The van der Waals surface area contributed by atoms with Crippen LogP contribution in [0.3, 0.4) is 0 Å². The van der Waals surface area contributed by atoms with E-state index >= 15 is 0 Å². The van der Waals surface area contributed by atoms with Crippen molar-refractivity contribution in [2.24, 2.45) is 5.73 Å². The van der Waals surface area contributed by atoms with Crippen LogP contribution in [0.15, 0.2) is 24.3 Å². The zero-order chi connectivity index (χ0) is 12.3. The average Bonchev–Trinajstić information content (AvgIpc) is 2.28. The fourth-order valence-electron chi connectivity index (χ4n) is 2.41. The smallest absolute Gasteiger partial charge is 0.118 e. The molecule has 0 aliphatic heterocycles. The third kappa shape index (κ3) is 2.61. The van der Waals surface area contributed by atoms with Crippen molar-refractivity contribution >= 4 is 0 Å². The molecule has 0 bridgehead atoms. The first-order valence-electron chi connectivity index (χ1n) is 6.32. The number of benzene rings is 1. The first kappa shape index (κ1) is 12.4. The van der Waals surface area contributed by atoms with Crippen molar-refractivity contribution < 1.29 is 4.74 Å². The Labute approximate surface area is 104 Å². The van der Waals surface area contributed by atoms with Gasteiger partial charge >= 0.3 is 0 Å². The number of methoxy groups -OCH3 is 1. The Morgan fingerprint density at radius 2 is 2.00 bits per heavy atom. The molecule has 0 saturated heterocycles. The molecule has 0 heterocycles. The van der Waals surface area contributed by atoms with Crippen LogP contribution in [0.2, 0.25) is 0 Å². The highest BCUT2D eigenvalue weighted by atomic mass is 16.5. The van der Waals surface area contributed by atoms with Gasteiger partial charge in [0.25, 0.3) is 0 Å². The van der Waals surface area contributed by atoms with Gasteiger partial charge in [-0.25, -0.2) is 0 Å². The lowest BCUT2D eigenvalue weighted by Crippen LogP contribution is -2.42. The molecule has 0 spiro atoms. The molecule has 0 amide bonds. The second-order valence-corrected chi connectivity index (χ2v) is 4.77. The number of ether oxygens (including phenoxy) is 1. The molecule has 94 valence electrons. The van der Waals surface area contributed by atoms with Gasteiger partial charge < -0.3 is 10.5 Å². The van der Waals surface area contributed by atoms with Crippen molar-refractivity contribution in [2.75, 3.05) is 20.7 Å². The molecule has 17 heavy (non-hydrogen) atoms. The van der Waals surface area contributed by atoms with Crippen LogP contribution >= 0.6 is 0 Å². The third-order valence-electron chi connectivity index (χ3n) is 3.87. The average molecular weight is 234 g/mol. The Morgan fingerprint density at radius 1 is 1.35 bits per heavy atom. The molecule has 1 unspecified atom stereocenters. The fraction of sp³-hybridized carbons (Fsp3) is 0.571. The van der Waals surface area contributed by atoms with Gasteiger partial charge in [0.1, 0.15) is 5.75 Å². The summed E-state index contributed by atoms with van der Waals surface area (Å²) in [4.78, 5) is 2.42. The van der Waals surface area contributed by atoms with Gasteiger partial charge in [0.15, 0.2) is 0 Å². The number of hydrogen-bond acceptors (Lipinski definition) is 3. The molecule has 2 N–H and O–H groups in total. The minimum atomic E-state index is 0.325. The van der Waals surface area contributed by atoms with Crippen LogP contribution in [-0.4, -0.2) is 31.6 Å². The number of rotatable bonds is 5. The maximum atomic E-state index is 5.92. The number of hydrogen-bond donors (Lipinski definition) is 1. The summed E-state index contributed by atoms with van der Waals surface area (Å²) in [5, 5.41) is 0. The van der Waals surface area contributed by atoms with E-state index in [1.807, 2.05) is 12.1 Å². The Balaban J connectivity index is 2.10. The van der Waals surface area contributed by atoms with Gasteiger partial charge in [0.05, 0.1) is 7.11 Å². The van der Waals surface area contributed by atoms with Gasteiger partial charge in [-0.05, 0) is 37.6 Å². The molecular weight excluding hydrogens is 212 g/mol. The highest BCUT2D eigenvalue weighted by Crippen LogP contribution is 2.30. The maximum absolute atomic E-state index is 5.92. The van der Waals surface area contributed by atoms with E-state index in [0.29, 0.717) is 18.6 Å². The van der Waals surface area contributed by atoms with E-state index in [1.165, 1.54) is 24.8 Å². The van der Waals surface area contributed by atoms with Crippen molar-refractivity contribution in [3.63, 3.8) is 0 Å². The minimum absolute atomic E-state index is 0.325. The van der Waals surface area contributed by atoms with Crippen LogP contribution in [0.4, 0.5) is 0 Å². The third-order valence-corrected chi connectivity index (χ3v) is 3.87. The Morgan fingerprint density at radius 3 is 2.41 bits per heavy atom. The minimum Gasteiger partial charge on any atom is -0.497 e. The second-order valence-electron chi connectivity index (χ2n) is 4.77. The van der Waals surface area contributed by atoms with E-state index in [2.05, 4.69) is 24.1 Å². The predicted octanol–water partition coefficient (Wildman–Crippen LogP) is 2.18.